The van der Waals surface area contributed by atoms with Crippen LogP contribution in [0, 0.1) is 13.8 Å². The van der Waals surface area contributed by atoms with E-state index in [2.05, 4.69) is 28.5 Å². The minimum absolute atomic E-state index is 0.848. The fraction of sp³-hybridized carbons (Fsp3) is 0.312. The predicted octanol–water partition coefficient (Wildman–Crippen LogP) is 3.09. The van der Waals surface area contributed by atoms with Crippen molar-refractivity contribution in [2.75, 3.05) is 14.2 Å². The molecular weight excluding hydrogens is 236 g/mol. The summed E-state index contributed by atoms with van der Waals surface area (Å²) in [6.07, 6.45) is 0. The normalized spacial score (nSPS) is 10.5. The topological polar surface area (TPSA) is 34.1 Å². The Hall–Kier alpha value is -1.87. The van der Waals surface area contributed by atoms with Crippen LogP contribution in [0.1, 0.15) is 16.8 Å². The van der Waals surface area contributed by atoms with Crippen molar-refractivity contribution in [1.29, 1.82) is 0 Å². The van der Waals surface area contributed by atoms with Crippen LogP contribution in [-0.2, 0) is 6.54 Å². The number of methoxy groups -OCH3 is 1. The van der Waals surface area contributed by atoms with E-state index >= 15 is 0 Å². The van der Waals surface area contributed by atoms with Crippen molar-refractivity contribution in [1.82, 2.24) is 10.3 Å². The van der Waals surface area contributed by atoms with Crippen molar-refractivity contribution >= 4 is 0 Å². The lowest BCUT2D eigenvalue weighted by Crippen LogP contribution is -2.07. The lowest BCUT2D eigenvalue weighted by Gasteiger charge is -2.10. The Morgan fingerprint density at radius 3 is 2.53 bits per heavy atom. The van der Waals surface area contributed by atoms with E-state index in [1.807, 2.05) is 33.0 Å². The van der Waals surface area contributed by atoms with E-state index in [0.29, 0.717) is 0 Å². The SMILES string of the molecule is CNCc1ccc(-c2ccc(OC)c(C)c2)nc1C. The van der Waals surface area contributed by atoms with Gasteiger partial charge in [-0.2, -0.15) is 0 Å². The summed E-state index contributed by atoms with van der Waals surface area (Å²) in [5, 5.41) is 3.15. The molecule has 3 heteroatoms. The summed E-state index contributed by atoms with van der Waals surface area (Å²) in [5.74, 6) is 0.910. The molecule has 1 aromatic heterocycles. The van der Waals surface area contributed by atoms with E-state index in [1.54, 1.807) is 7.11 Å². The van der Waals surface area contributed by atoms with Crippen LogP contribution in [-0.4, -0.2) is 19.1 Å². The number of hydrogen-bond acceptors (Lipinski definition) is 3. The van der Waals surface area contributed by atoms with Gasteiger partial charge in [0, 0.05) is 17.8 Å². The van der Waals surface area contributed by atoms with Crippen LogP contribution in [0.15, 0.2) is 30.3 Å². The number of nitrogens with one attached hydrogen (secondary N) is 1. The Morgan fingerprint density at radius 1 is 1.16 bits per heavy atom. The predicted molar refractivity (Wildman–Crippen MR) is 78.5 cm³/mol. The number of ether oxygens (including phenoxy) is 1. The Balaban J connectivity index is 2.36. The largest absolute Gasteiger partial charge is 0.496 e. The lowest BCUT2D eigenvalue weighted by molar-refractivity contribution is 0.412. The van der Waals surface area contributed by atoms with Gasteiger partial charge in [-0.05, 0) is 56.3 Å². The third kappa shape index (κ3) is 2.93. The third-order valence-electron chi connectivity index (χ3n) is 3.25. The molecule has 1 heterocycles. The van der Waals surface area contributed by atoms with Gasteiger partial charge in [-0.3, -0.25) is 4.98 Å². The molecule has 3 nitrogen and oxygen atoms in total. The average Bonchev–Trinajstić information content (AvgIpc) is 2.41. The molecule has 19 heavy (non-hydrogen) atoms. The molecule has 100 valence electrons. The molecule has 1 aromatic carbocycles. The number of pyridine rings is 1. The smallest absolute Gasteiger partial charge is 0.121 e. The Kier molecular flexibility index (Phi) is 4.17. The van der Waals surface area contributed by atoms with Crippen molar-refractivity contribution in [2.45, 2.75) is 20.4 Å². The number of hydrogen-bond donors (Lipinski definition) is 1. The van der Waals surface area contributed by atoms with Crippen LogP contribution >= 0.6 is 0 Å². The van der Waals surface area contributed by atoms with Gasteiger partial charge in [0.05, 0.1) is 12.8 Å². The Labute approximate surface area is 114 Å². The Morgan fingerprint density at radius 2 is 1.95 bits per heavy atom. The molecule has 0 fully saturated rings. The van der Waals surface area contributed by atoms with Crippen molar-refractivity contribution < 1.29 is 4.74 Å². The van der Waals surface area contributed by atoms with Crippen LogP contribution in [0.3, 0.4) is 0 Å². The van der Waals surface area contributed by atoms with Crippen molar-refractivity contribution in [3.8, 4) is 17.0 Å². The zero-order chi connectivity index (χ0) is 13.8. The molecule has 1 N–H and O–H groups in total. The highest BCUT2D eigenvalue weighted by Crippen LogP contribution is 2.25. The highest BCUT2D eigenvalue weighted by Gasteiger charge is 2.06. The van der Waals surface area contributed by atoms with Crippen LogP contribution in [0.2, 0.25) is 0 Å². The van der Waals surface area contributed by atoms with E-state index in [4.69, 9.17) is 4.74 Å². The first-order valence-electron chi connectivity index (χ1n) is 6.42. The van der Waals surface area contributed by atoms with E-state index in [9.17, 15) is 0 Å². The molecule has 0 saturated heterocycles. The number of aryl methyl sites for hydroxylation is 2. The van der Waals surface area contributed by atoms with Gasteiger partial charge in [0.1, 0.15) is 5.75 Å². The highest BCUT2D eigenvalue weighted by molar-refractivity contribution is 5.62. The first-order valence-corrected chi connectivity index (χ1v) is 6.42. The molecule has 0 saturated carbocycles. The number of aromatic nitrogens is 1. The van der Waals surface area contributed by atoms with Gasteiger partial charge in [0.2, 0.25) is 0 Å². The summed E-state index contributed by atoms with van der Waals surface area (Å²) in [7, 11) is 3.64. The second kappa shape index (κ2) is 5.85. The molecular formula is C16H20N2O. The molecule has 2 aromatic rings. The number of rotatable bonds is 4. The molecule has 0 aliphatic heterocycles. The molecule has 0 radical (unpaired) electrons. The van der Waals surface area contributed by atoms with Gasteiger partial charge >= 0.3 is 0 Å². The van der Waals surface area contributed by atoms with Crippen molar-refractivity contribution in [3.05, 3.63) is 47.2 Å². The monoisotopic (exact) mass is 256 g/mol. The van der Waals surface area contributed by atoms with Gasteiger partial charge in [-0.25, -0.2) is 0 Å². The Bertz CT molecular complexity index is 579. The van der Waals surface area contributed by atoms with Crippen LogP contribution in [0.5, 0.6) is 5.75 Å². The first-order chi connectivity index (χ1) is 9.15. The second-order valence-corrected chi connectivity index (χ2v) is 4.66. The summed E-state index contributed by atoms with van der Waals surface area (Å²) in [6, 6.07) is 10.3. The van der Waals surface area contributed by atoms with Crippen LogP contribution < -0.4 is 10.1 Å². The highest BCUT2D eigenvalue weighted by atomic mass is 16.5. The fourth-order valence-electron chi connectivity index (χ4n) is 2.17. The first kappa shape index (κ1) is 13.6. The summed E-state index contributed by atoms with van der Waals surface area (Å²) in [6.45, 7) is 4.94. The molecule has 0 bridgehead atoms. The molecule has 0 amide bonds. The van der Waals surface area contributed by atoms with Gasteiger partial charge in [-0.1, -0.05) is 6.07 Å². The van der Waals surface area contributed by atoms with E-state index in [0.717, 1.165) is 34.8 Å². The minimum Gasteiger partial charge on any atom is -0.496 e. The summed E-state index contributed by atoms with van der Waals surface area (Å²) in [5.41, 5.74) is 5.55. The van der Waals surface area contributed by atoms with Gasteiger partial charge < -0.3 is 10.1 Å². The van der Waals surface area contributed by atoms with Gasteiger partial charge in [-0.15, -0.1) is 0 Å². The third-order valence-corrected chi connectivity index (χ3v) is 3.25. The van der Waals surface area contributed by atoms with Crippen molar-refractivity contribution in [2.24, 2.45) is 0 Å². The van der Waals surface area contributed by atoms with E-state index in [1.165, 1.54) is 5.56 Å². The quantitative estimate of drug-likeness (QED) is 0.912. The zero-order valence-corrected chi connectivity index (χ0v) is 11.9. The number of benzene rings is 1. The lowest BCUT2D eigenvalue weighted by atomic mass is 10.1. The molecule has 0 unspecified atom stereocenters. The van der Waals surface area contributed by atoms with Crippen LogP contribution in [0.4, 0.5) is 0 Å². The molecule has 0 spiro atoms. The standard InChI is InChI=1S/C16H20N2O/c1-11-9-13(6-8-16(11)19-4)15-7-5-14(10-17-3)12(2)18-15/h5-9,17H,10H2,1-4H3. The molecule has 2 rings (SSSR count). The minimum atomic E-state index is 0.848. The maximum Gasteiger partial charge on any atom is 0.121 e. The maximum absolute atomic E-state index is 5.28. The average molecular weight is 256 g/mol. The molecule has 0 aliphatic rings. The van der Waals surface area contributed by atoms with Gasteiger partial charge in [0.25, 0.3) is 0 Å². The number of nitrogens with zero attached hydrogens (tertiary/aromatic N) is 1. The maximum atomic E-state index is 5.28. The van der Waals surface area contributed by atoms with Crippen LogP contribution in [0.25, 0.3) is 11.3 Å². The van der Waals surface area contributed by atoms with Crippen molar-refractivity contribution in [3.63, 3.8) is 0 Å². The molecule has 0 atom stereocenters. The summed E-state index contributed by atoms with van der Waals surface area (Å²) < 4.78 is 5.28. The van der Waals surface area contributed by atoms with E-state index < -0.39 is 0 Å². The molecule has 0 aliphatic carbocycles. The summed E-state index contributed by atoms with van der Waals surface area (Å²) in [4.78, 5) is 4.68. The second-order valence-electron chi connectivity index (χ2n) is 4.66. The summed E-state index contributed by atoms with van der Waals surface area (Å²) >= 11 is 0. The van der Waals surface area contributed by atoms with Gasteiger partial charge in [0.15, 0.2) is 0 Å². The van der Waals surface area contributed by atoms with E-state index in [-0.39, 0.29) is 0 Å². The zero-order valence-electron chi connectivity index (χ0n) is 11.9. The fourth-order valence-corrected chi connectivity index (χ4v) is 2.17.